The van der Waals surface area contributed by atoms with Crippen LogP contribution in [0.15, 0.2) is 30.3 Å². The van der Waals surface area contributed by atoms with Crippen LogP contribution in [0, 0.1) is 5.41 Å². The Hall–Kier alpha value is -1.88. The van der Waals surface area contributed by atoms with E-state index in [1.54, 1.807) is 4.90 Å². The lowest BCUT2D eigenvalue weighted by Gasteiger charge is -2.34. The predicted molar refractivity (Wildman–Crippen MR) is 88.9 cm³/mol. The normalized spacial score (nSPS) is 18.4. The first kappa shape index (κ1) is 17.5. The summed E-state index contributed by atoms with van der Waals surface area (Å²) in [6.45, 7) is 5.69. The van der Waals surface area contributed by atoms with Crippen LogP contribution in [0.5, 0.6) is 0 Å². The summed E-state index contributed by atoms with van der Waals surface area (Å²) in [6, 6.07) is 9.44. The highest BCUT2D eigenvalue weighted by Gasteiger charge is 2.41. The molecule has 1 unspecified atom stereocenters. The molecule has 126 valence electrons. The number of carboxylic acids is 1. The maximum Gasteiger partial charge on any atom is 0.326 e. The molecule has 2 rings (SSSR count). The molecule has 1 aliphatic rings. The number of aliphatic carboxylic acids is 1. The molecule has 0 spiro atoms. The van der Waals surface area contributed by atoms with Crippen molar-refractivity contribution in [1.82, 2.24) is 9.80 Å². The molecule has 0 aliphatic carbocycles. The number of carboxylic acid groups (broad SMARTS) is 1. The molecule has 1 atom stereocenters. The first-order valence-corrected chi connectivity index (χ1v) is 8.07. The van der Waals surface area contributed by atoms with Gasteiger partial charge in [0.1, 0.15) is 6.04 Å². The van der Waals surface area contributed by atoms with Crippen molar-refractivity contribution in [3.63, 3.8) is 0 Å². The Morgan fingerprint density at radius 1 is 1.30 bits per heavy atom. The maximum absolute atomic E-state index is 12.8. The van der Waals surface area contributed by atoms with Gasteiger partial charge in [-0.05, 0) is 39.3 Å². The molecule has 1 aliphatic heterocycles. The summed E-state index contributed by atoms with van der Waals surface area (Å²) in [5.41, 5.74) is 0.588. The second-order valence-corrected chi connectivity index (χ2v) is 7.04. The van der Waals surface area contributed by atoms with Crippen LogP contribution in [0.4, 0.5) is 0 Å². The van der Waals surface area contributed by atoms with Gasteiger partial charge in [0.2, 0.25) is 5.91 Å². The van der Waals surface area contributed by atoms with Gasteiger partial charge in [-0.15, -0.1) is 0 Å². The summed E-state index contributed by atoms with van der Waals surface area (Å²) in [5, 5.41) is 9.27. The number of carbonyl (C=O) groups is 2. The number of rotatable bonds is 6. The molecule has 1 fully saturated rings. The van der Waals surface area contributed by atoms with Gasteiger partial charge in [0.15, 0.2) is 0 Å². The van der Waals surface area contributed by atoms with Crippen LogP contribution in [0.25, 0.3) is 0 Å². The van der Waals surface area contributed by atoms with Crippen molar-refractivity contribution in [3.05, 3.63) is 35.9 Å². The summed E-state index contributed by atoms with van der Waals surface area (Å²) >= 11 is 0. The quantitative estimate of drug-likeness (QED) is 0.874. The number of hydrogen-bond donors (Lipinski definition) is 1. The minimum absolute atomic E-state index is 0.0673. The largest absolute Gasteiger partial charge is 0.480 e. The Morgan fingerprint density at radius 3 is 2.57 bits per heavy atom. The number of benzene rings is 1. The smallest absolute Gasteiger partial charge is 0.326 e. The Morgan fingerprint density at radius 2 is 1.96 bits per heavy atom. The van der Waals surface area contributed by atoms with Gasteiger partial charge >= 0.3 is 5.97 Å². The van der Waals surface area contributed by atoms with Crippen LogP contribution >= 0.6 is 0 Å². The van der Waals surface area contributed by atoms with Gasteiger partial charge in [-0.2, -0.15) is 0 Å². The van der Waals surface area contributed by atoms with E-state index < -0.39 is 17.4 Å². The van der Waals surface area contributed by atoms with Gasteiger partial charge in [-0.1, -0.05) is 30.3 Å². The molecule has 0 saturated carbocycles. The third kappa shape index (κ3) is 4.32. The highest BCUT2D eigenvalue weighted by Crippen LogP contribution is 2.27. The zero-order valence-corrected chi connectivity index (χ0v) is 14.2. The molecule has 1 N–H and O–H groups in total. The SMILES string of the molecule is CN(Cc1ccccc1)CC(C)(C)C(=O)N1CCCC1C(=O)O. The van der Waals surface area contributed by atoms with Crippen LogP contribution in [-0.4, -0.2) is 53.0 Å². The molecule has 1 saturated heterocycles. The van der Waals surface area contributed by atoms with E-state index >= 15 is 0 Å². The number of nitrogens with zero attached hydrogens (tertiary/aromatic N) is 2. The average molecular weight is 318 g/mol. The molecule has 0 bridgehead atoms. The summed E-state index contributed by atoms with van der Waals surface area (Å²) in [5.74, 6) is -0.966. The minimum Gasteiger partial charge on any atom is -0.480 e. The maximum atomic E-state index is 12.8. The number of amides is 1. The Labute approximate surface area is 137 Å². The monoisotopic (exact) mass is 318 g/mol. The van der Waals surface area contributed by atoms with Crippen molar-refractivity contribution in [2.75, 3.05) is 20.1 Å². The summed E-state index contributed by atoms with van der Waals surface area (Å²) in [4.78, 5) is 27.8. The van der Waals surface area contributed by atoms with Crippen LogP contribution in [0.3, 0.4) is 0 Å². The Kier molecular flexibility index (Phi) is 5.42. The van der Waals surface area contributed by atoms with E-state index in [9.17, 15) is 14.7 Å². The molecule has 0 radical (unpaired) electrons. The number of hydrogen-bond acceptors (Lipinski definition) is 3. The molecule has 1 heterocycles. The fraction of sp³-hybridized carbons (Fsp3) is 0.556. The van der Waals surface area contributed by atoms with Crippen molar-refractivity contribution in [3.8, 4) is 0 Å². The van der Waals surface area contributed by atoms with Gasteiger partial charge in [0.25, 0.3) is 0 Å². The zero-order chi connectivity index (χ0) is 17.0. The number of likely N-dealkylation sites (tertiary alicyclic amines) is 1. The van der Waals surface area contributed by atoms with Gasteiger partial charge in [0, 0.05) is 19.6 Å². The first-order chi connectivity index (χ1) is 10.8. The van der Waals surface area contributed by atoms with Crippen molar-refractivity contribution >= 4 is 11.9 Å². The molecule has 23 heavy (non-hydrogen) atoms. The Balaban J connectivity index is 1.99. The van der Waals surface area contributed by atoms with E-state index in [-0.39, 0.29) is 5.91 Å². The lowest BCUT2D eigenvalue weighted by atomic mass is 9.90. The standard InChI is InChI=1S/C18H26N2O3/c1-18(2,13-19(3)12-14-8-5-4-6-9-14)17(23)20-11-7-10-15(20)16(21)22/h4-6,8-9,15H,7,10-13H2,1-3H3,(H,21,22). The summed E-state index contributed by atoms with van der Waals surface area (Å²) in [7, 11) is 1.99. The minimum atomic E-state index is -0.899. The van der Waals surface area contributed by atoms with Gasteiger partial charge in [-0.25, -0.2) is 4.79 Å². The average Bonchev–Trinajstić information content (AvgIpc) is 2.96. The fourth-order valence-electron chi connectivity index (χ4n) is 3.35. The van der Waals surface area contributed by atoms with E-state index in [1.807, 2.05) is 39.1 Å². The van der Waals surface area contributed by atoms with E-state index in [0.717, 1.165) is 13.0 Å². The van der Waals surface area contributed by atoms with E-state index in [4.69, 9.17) is 0 Å². The molecule has 1 aromatic carbocycles. The second kappa shape index (κ2) is 7.13. The summed E-state index contributed by atoms with van der Waals surface area (Å²) in [6.07, 6.45) is 1.32. The Bertz CT molecular complexity index is 557. The third-order valence-corrected chi connectivity index (χ3v) is 4.34. The van der Waals surface area contributed by atoms with Crippen molar-refractivity contribution in [1.29, 1.82) is 0 Å². The van der Waals surface area contributed by atoms with E-state index in [0.29, 0.717) is 19.5 Å². The van der Waals surface area contributed by atoms with E-state index in [1.165, 1.54) is 5.56 Å². The lowest BCUT2D eigenvalue weighted by molar-refractivity contribution is -0.152. The topological polar surface area (TPSA) is 60.9 Å². The molecular weight excluding hydrogens is 292 g/mol. The summed E-state index contributed by atoms with van der Waals surface area (Å²) < 4.78 is 0. The molecule has 1 amide bonds. The first-order valence-electron chi connectivity index (χ1n) is 8.07. The highest BCUT2D eigenvalue weighted by atomic mass is 16.4. The molecule has 0 aromatic heterocycles. The molecule has 1 aromatic rings. The van der Waals surface area contributed by atoms with E-state index in [2.05, 4.69) is 17.0 Å². The van der Waals surface area contributed by atoms with Gasteiger partial charge < -0.3 is 14.9 Å². The zero-order valence-electron chi connectivity index (χ0n) is 14.2. The van der Waals surface area contributed by atoms with Crippen LogP contribution < -0.4 is 0 Å². The van der Waals surface area contributed by atoms with Crippen LogP contribution in [-0.2, 0) is 16.1 Å². The van der Waals surface area contributed by atoms with Crippen molar-refractivity contribution in [2.24, 2.45) is 5.41 Å². The fourth-order valence-corrected chi connectivity index (χ4v) is 3.35. The molecule has 5 nitrogen and oxygen atoms in total. The van der Waals surface area contributed by atoms with Crippen molar-refractivity contribution < 1.29 is 14.7 Å². The predicted octanol–water partition coefficient (Wildman–Crippen LogP) is 2.22. The van der Waals surface area contributed by atoms with Gasteiger partial charge in [-0.3, -0.25) is 4.79 Å². The van der Waals surface area contributed by atoms with Gasteiger partial charge in [0.05, 0.1) is 5.41 Å². The number of carbonyl (C=O) groups excluding carboxylic acids is 1. The molecular formula is C18H26N2O3. The van der Waals surface area contributed by atoms with Crippen LogP contribution in [0.1, 0.15) is 32.3 Å². The van der Waals surface area contributed by atoms with Crippen LogP contribution in [0.2, 0.25) is 0 Å². The van der Waals surface area contributed by atoms with Crippen molar-refractivity contribution in [2.45, 2.75) is 39.3 Å². The second-order valence-electron chi connectivity index (χ2n) is 7.04. The lowest BCUT2D eigenvalue weighted by Crippen LogP contribution is -2.49. The third-order valence-electron chi connectivity index (χ3n) is 4.34. The highest BCUT2D eigenvalue weighted by molar-refractivity contribution is 5.87. The molecule has 5 heteroatoms.